The SMILES string of the molecule is O=C(CN1CCN(c2nccs2)CC1)N(C1CCCC1)C1CC1. The van der Waals surface area contributed by atoms with Crippen LogP contribution in [0.2, 0.25) is 0 Å². The van der Waals surface area contributed by atoms with Crippen molar-refractivity contribution in [2.24, 2.45) is 0 Å². The second kappa shape index (κ2) is 6.77. The quantitative estimate of drug-likeness (QED) is 0.828. The topological polar surface area (TPSA) is 39.7 Å². The van der Waals surface area contributed by atoms with Gasteiger partial charge in [0.05, 0.1) is 6.54 Å². The first kappa shape index (κ1) is 15.4. The summed E-state index contributed by atoms with van der Waals surface area (Å²) < 4.78 is 0. The van der Waals surface area contributed by atoms with Gasteiger partial charge in [-0.05, 0) is 25.7 Å². The van der Waals surface area contributed by atoms with E-state index < -0.39 is 0 Å². The molecule has 0 spiro atoms. The highest BCUT2D eigenvalue weighted by Gasteiger charge is 2.38. The van der Waals surface area contributed by atoms with Gasteiger partial charge in [0.25, 0.3) is 0 Å². The fourth-order valence-corrected chi connectivity index (χ4v) is 4.68. The van der Waals surface area contributed by atoms with Crippen LogP contribution in [0.5, 0.6) is 0 Å². The van der Waals surface area contributed by atoms with E-state index in [4.69, 9.17) is 0 Å². The molecule has 6 heteroatoms. The molecule has 4 rings (SSSR count). The van der Waals surface area contributed by atoms with Crippen LogP contribution in [0.1, 0.15) is 38.5 Å². The second-order valence-electron chi connectivity index (χ2n) is 7.05. The molecular formula is C17H26N4OS. The maximum absolute atomic E-state index is 12.9. The first-order valence-electron chi connectivity index (χ1n) is 8.99. The Bertz CT molecular complexity index is 517. The van der Waals surface area contributed by atoms with Crippen molar-refractivity contribution in [3.8, 4) is 0 Å². The maximum atomic E-state index is 12.9. The lowest BCUT2D eigenvalue weighted by Gasteiger charge is -2.36. The van der Waals surface area contributed by atoms with E-state index in [1.807, 2.05) is 11.6 Å². The Morgan fingerprint density at radius 3 is 2.43 bits per heavy atom. The third kappa shape index (κ3) is 3.53. The number of piperazine rings is 1. The number of carbonyl (C=O) groups is 1. The van der Waals surface area contributed by atoms with Crippen LogP contribution in [-0.4, -0.2) is 65.5 Å². The molecule has 3 fully saturated rings. The van der Waals surface area contributed by atoms with Crippen LogP contribution in [0.4, 0.5) is 5.13 Å². The third-order valence-corrected chi connectivity index (χ3v) is 6.20. The molecule has 3 aliphatic rings. The number of rotatable bonds is 5. The van der Waals surface area contributed by atoms with Crippen molar-refractivity contribution in [2.75, 3.05) is 37.6 Å². The highest BCUT2D eigenvalue weighted by molar-refractivity contribution is 7.13. The van der Waals surface area contributed by atoms with Crippen molar-refractivity contribution < 1.29 is 4.79 Å². The molecule has 2 heterocycles. The predicted octanol–water partition coefficient (Wildman–Crippen LogP) is 2.20. The van der Waals surface area contributed by atoms with Gasteiger partial charge >= 0.3 is 0 Å². The van der Waals surface area contributed by atoms with Crippen molar-refractivity contribution in [2.45, 2.75) is 50.6 Å². The minimum atomic E-state index is 0.377. The number of hydrogen-bond acceptors (Lipinski definition) is 5. The lowest BCUT2D eigenvalue weighted by atomic mass is 10.2. The Kier molecular flexibility index (Phi) is 4.53. The summed E-state index contributed by atoms with van der Waals surface area (Å²) in [5, 5.41) is 3.14. The van der Waals surface area contributed by atoms with E-state index in [0.29, 0.717) is 24.5 Å². The van der Waals surface area contributed by atoms with Crippen LogP contribution in [0, 0.1) is 0 Å². The summed E-state index contributed by atoms with van der Waals surface area (Å²) >= 11 is 1.70. The van der Waals surface area contributed by atoms with E-state index in [1.54, 1.807) is 11.3 Å². The van der Waals surface area contributed by atoms with E-state index in [2.05, 4.69) is 19.7 Å². The Labute approximate surface area is 142 Å². The van der Waals surface area contributed by atoms with E-state index in [1.165, 1.54) is 38.5 Å². The Morgan fingerprint density at radius 1 is 1.13 bits per heavy atom. The van der Waals surface area contributed by atoms with E-state index >= 15 is 0 Å². The van der Waals surface area contributed by atoms with Crippen molar-refractivity contribution in [1.82, 2.24) is 14.8 Å². The van der Waals surface area contributed by atoms with Gasteiger partial charge in [-0.25, -0.2) is 4.98 Å². The molecule has 0 unspecified atom stereocenters. The van der Waals surface area contributed by atoms with E-state index in [0.717, 1.165) is 31.3 Å². The van der Waals surface area contributed by atoms with Gasteiger partial charge in [0.1, 0.15) is 0 Å². The second-order valence-corrected chi connectivity index (χ2v) is 7.92. The van der Waals surface area contributed by atoms with Crippen LogP contribution >= 0.6 is 11.3 Å². The zero-order valence-corrected chi connectivity index (χ0v) is 14.5. The molecule has 0 bridgehead atoms. The fraction of sp³-hybridized carbons (Fsp3) is 0.765. The minimum absolute atomic E-state index is 0.377. The van der Waals surface area contributed by atoms with Gasteiger partial charge in [0, 0.05) is 49.8 Å². The summed E-state index contributed by atoms with van der Waals surface area (Å²) in [7, 11) is 0. The maximum Gasteiger partial charge on any atom is 0.237 e. The number of carbonyl (C=O) groups excluding carboxylic acids is 1. The highest BCUT2D eigenvalue weighted by Crippen LogP contribution is 2.34. The lowest BCUT2D eigenvalue weighted by Crippen LogP contribution is -2.51. The standard InChI is InChI=1S/C17H26N4OS/c22-16(21(15-5-6-15)14-3-1-2-4-14)13-19-8-10-20(11-9-19)17-18-7-12-23-17/h7,12,14-15H,1-6,8-11,13H2. The summed E-state index contributed by atoms with van der Waals surface area (Å²) in [5.74, 6) is 0.377. The molecule has 0 aromatic carbocycles. The average molecular weight is 334 g/mol. The summed E-state index contributed by atoms with van der Waals surface area (Å²) in [6.45, 7) is 4.50. The van der Waals surface area contributed by atoms with Crippen molar-refractivity contribution in [3.05, 3.63) is 11.6 Å². The Hall–Kier alpha value is -1.14. The third-order valence-electron chi connectivity index (χ3n) is 5.37. The average Bonchev–Trinajstić information content (AvgIpc) is 3.05. The fourth-order valence-electron chi connectivity index (χ4n) is 3.98. The summed E-state index contributed by atoms with van der Waals surface area (Å²) in [4.78, 5) is 24.2. The van der Waals surface area contributed by atoms with Crippen LogP contribution in [-0.2, 0) is 4.79 Å². The Morgan fingerprint density at radius 2 is 1.83 bits per heavy atom. The number of anilines is 1. The monoisotopic (exact) mass is 334 g/mol. The van der Waals surface area contributed by atoms with Gasteiger partial charge < -0.3 is 9.80 Å². The smallest absolute Gasteiger partial charge is 0.237 e. The number of amides is 1. The van der Waals surface area contributed by atoms with Crippen LogP contribution in [0.25, 0.3) is 0 Å². The molecule has 0 radical (unpaired) electrons. The molecular weight excluding hydrogens is 308 g/mol. The molecule has 0 atom stereocenters. The summed E-state index contributed by atoms with van der Waals surface area (Å²) in [5.41, 5.74) is 0. The van der Waals surface area contributed by atoms with E-state index in [-0.39, 0.29) is 0 Å². The first-order valence-corrected chi connectivity index (χ1v) is 9.87. The van der Waals surface area contributed by atoms with E-state index in [9.17, 15) is 4.79 Å². The van der Waals surface area contributed by atoms with Crippen LogP contribution in [0.15, 0.2) is 11.6 Å². The molecule has 0 N–H and O–H groups in total. The number of hydrogen-bond donors (Lipinski definition) is 0. The normalized spacial score (nSPS) is 23.4. The molecule has 5 nitrogen and oxygen atoms in total. The van der Waals surface area contributed by atoms with Gasteiger partial charge in [0.2, 0.25) is 5.91 Å². The first-order chi connectivity index (χ1) is 11.3. The van der Waals surface area contributed by atoms with Gasteiger partial charge in [-0.3, -0.25) is 9.69 Å². The minimum Gasteiger partial charge on any atom is -0.346 e. The molecule has 1 aromatic heterocycles. The largest absolute Gasteiger partial charge is 0.346 e. The van der Waals surface area contributed by atoms with Gasteiger partial charge in [-0.15, -0.1) is 11.3 Å². The molecule has 23 heavy (non-hydrogen) atoms. The zero-order chi connectivity index (χ0) is 15.6. The van der Waals surface area contributed by atoms with Crippen molar-refractivity contribution in [3.63, 3.8) is 0 Å². The van der Waals surface area contributed by atoms with Gasteiger partial charge in [0.15, 0.2) is 5.13 Å². The van der Waals surface area contributed by atoms with Crippen molar-refractivity contribution >= 4 is 22.4 Å². The molecule has 2 aliphatic carbocycles. The van der Waals surface area contributed by atoms with Gasteiger partial charge in [-0.2, -0.15) is 0 Å². The van der Waals surface area contributed by atoms with Gasteiger partial charge in [-0.1, -0.05) is 12.8 Å². The molecule has 126 valence electrons. The van der Waals surface area contributed by atoms with Crippen LogP contribution < -0.4 is 4.90 Å². The Balaban J connectivity index is 1.30. The van der Waals surface area contributed by atoms with Crippen LogP contribution in [0.3, 0.4) is 0 Å². The molecule has 1 saturated heterocycles. The number of aromatic nitrogens is 1. The lowest BCUT2D eigenvalue weighted by molar-refractivity contribution is -0.135. The number of nitrogens with zero attached hydrogens (tertiary/aromatic N) is 4. The molecule has 1 aromatic rings. The predicted molar refractivity (Wildman–Crippen MR) is 92.9 cm³/mol. The highest BCUT2D eigenvalue weighted by atomic mass is 32.1. The zero-order valence-electron chi connectivity index (χ0n) is 13.7. The summed E-state index contributed by atoms with van der Waals surface area (Å²) in [6, 6.07) is 1.09. The molecule has 1 aliphatic heterocycles. The molecule has 2 saturated carbocycles. The van der Waals surface area contributed by atoms with Crippen molar-refractivity contribution in [1.29, 1.82) is 0 Å². The molecule has 1 amide bonds. The number of thiazole rings is 1. The summed E-state index contributed by atoms with van der Waals surface area (Å²) in [6.07, 6.45) is 9.35.